The molecule has 28 heavy (non-hydrogen) atoms. The van der Waals surface area contributed by atoms with Crippen LogP contribution in [0.4, 0.5) is 0 Å². The summed E-state index contributed by atoms with van der Waals surface area (Å²) in [7, 11) is 1.74. The summed E-state index contributed by atoms with van der Waals surface area (Å²) in [5.41, 5.74) is 2.27. The molecular formula is C21H23N3O2S2. The van der Waals surface area contributed by atoms with Gasteiger partial charge in [-0.1, -0.05) is 42.1 Å². The monoisotopic (exact) mass is 413 g/mol. The number of fused-ring (bicyclic) bond motifs is 3. The molecule has 0 aliphatic heterocycles. The summed E-state index contributed by atoms with van der Waals surface area (Å²) in [5, 5.41) is 4.39. The quantitative estimate of drug-likeness (QED) is 0.510. The Morgan fingerprint density at radius 3 is 2.82 bits per heavy atom. The molecule has 1 aromatic carbocycles. The number of thioether (sulfide) groups is 1. The number of rotatable bonds is 5. The maximum absolute atomic E-state index is 12.9. The van der Waals surface area contributed by atoms with Crippen LogP contribution in [0.3, 0.4) is 0 Å². The predicted molar refractivity (Wildman–Crippen MR) is 115 cm³/mol. The first kappa shape index (κ1) is 19.2. The second kappa shape index (κ2) is 8.09. The number of nitrogens with one attached hydrogen (secondary N) is 1. The van der Waals surface area contributed by atoms with Crippen molar-refractivity contribution >= 4 is 39.2 Å². The average Bonchev–Trinajstić information content (AvgIpc) is 3.08. The minimum Gasteiger partial charge on any atom is -0.349 e. The lowest BCUT2D eigenvalue weighted by atomic mass is 9.97. The van der Waals surface area contributed by atoms with Gasteiger partial charge in [0.05, 0.1) is 17.2 Å². The fourth-order valence-corrected chi connectivity index (χ4v) is 5.72. The lowest BCUT2D eigenvalue weighted by molar-refractivity contribution is -0.119. The van der Waals surface area contributed by atoms with Gasteiger partial charge in [-0.3, -0.25) is 14.2 Å². The predicted octanol–water partition coefficient (Wildman–Crippen LogP) is 3.84. The zero-order valence-corrected chi connectivity index (χ0v) is 17.7. The smallest absolute Gasteiger partial charge is 0.262 e. The third-order valence-corrected chi connectivity index (χ3v) is 7.38. The Kier molecular flexibility index (Phi) is 5.55. The van der Waals surface area contributed by atoms with E-state index in [9.17, 15) is 9.59 Å². The number of thiophene rings is 1. The zero-order valence-electron chi connectivity index (χ0n) is 16.0. The molecule has 7 heteroatoms. The highest BCUT2D eigenvalue weighted by molar-refractivity contribution is 7.99. The molecule has 0 saturated heterocycles. The summed E-state index contributed by atoms with van der Waals surface area (Å²) in [4.78, 5) is 32.1. The van der Waals surface area contributed by atoms with Gasteiger partial charge in [0.25, 0.3) is 5.56 Å². The minimum atomic E-state index is -0.0684. The number of hydrogen-bond donors (Lipinski definition) is 1. The Morgan fingerprint density at radius 2 is 2.04 bits per heavy atom. The van der Waals surface area contributed by atoms with Crippen LogP contribution in [0.15, 0.2) is 40.3 Å². The van der Waals surface area contributed by atoms with E-state index in [1.807, 2.05) is 37.3 Å². The van der Waals surface area contributed by atoms with Crippen molar-refractivity contribution in [3.63, 3.8) is 0 Å². The highest BCUT2D eigenvalue weighted by Gasteiger charge is 2.21. The number of carbonyl (C=O) groups is 1. The maximum atomic E-state index is 12.9. The molecule has 0 saturated carbocycles. The molecule has 0 unspecified atom stereocenters. The molecule has 2 heterocycles. The molecule has 3 aromatic rings. The molecule has 1 aliphatic carbocycles. The molecule has 146 valence electrons. The van der Waals surface area contributed by atoms with Crippen LogP contribution in [-0.2, 0) is 24.7 Å². The van der Waals surface area contributed by atoms with Gasteiger partial charge in [-0.05, 0) is 43.7 Å². The van der Waals surface area contributed by atoms with Crippen LogP contribution >= 0.6 is 23.1 Å². The molecule has 1 amide bonds. The van der Waals surface area contributed by atoms with Crippen LogP contribution < -0.4 is 10.9 Å². The van der Waals surface area contributed by atoms with Crippen molar-refractivity contribution in [2.75, 3.05) is 5.75 Å². The van der Waals surface area contributed by atoms with Gasteiger partial charge in [-0.25, -0.2) is 4.98 Å². The fraction of sp³-hybridized carbons (Fsp3) is 0.381. The van der Waals surface area contributed by atoms with Crippen molar-refractivity contribution in [1.82, 2.24) is 14.9 Å². The summed E-state index contributed by atoms with van der Waals surface area (Å²) in [6, 6.07) is 9.81. The highest BCUT2D eigenvalue weighted by Crippen LogP contribution is 2.34. The van der Waals surface area contributed by atoms with Gasteiger partial charge in [-0.2, -0.15) is 0 Å². The van der Waals surface area contributed by atoms with Crippen LogP contribution in [0, 0.1) is 0 Å². The summed E-state index contributed by atoms with van der Waals surface area (Å²) >= 11 is 2.95. The highest BCUT2D eigenvalue weighted by atomic mass is 32.2. The van der Waals surface area contributed by atoms with Crippen molar-refractivity contribution in [2.24, 2.45) is 7.05 Å². The van der Waals surface area contributed by atoms with Gasteiger partial charge in [0, 0.05) is 11.9 Å². The van der Waals surface area contributed by atoms with Crippen molar-refractivity contribution in [3.8, 4) is 0 Å². The Morgan fingerprint density at radius 1 is 1.29 bits per heavy atom. The molecule has 0 bridgehead atoms. The Labute approximate surface area is 172 Å². The van der Waals surface area contributed by atoms with E-state index in [1.54, 1.807) is 23.0 Å². The molecule has 4 rings (SSSR count). The number of amides is 1. The lowest BCUT2D eigenvalue weighted by Crippen LogP contribution is -2.28. The van der Waals surface area contributed by atoms with Crippen molar-refractivity contribution in [3.05, 3.63) is 56.7 Å². The number of aryl methyl sites for hydroxylation is 2. The number of benzene rings is 1. The SMILES string of the molecule is C[C@@H](NC(=O)CSc1nc2sc3c(c2c(=O)n1C)CCCC3)c1ccccc1. The number of aromatic nitrogens is 2. The van der Waals surface area contributed by atoms with Gasteiger partial charge in [0.15, 0.2) is 5.16 Å². The third-order valence-electron chi connectivity index (χ3n) is 5.16. The van der Waals surface area contributed by atoms with E-state index in [0.29, 0.717) is 5.16 Å². The van der Waals surface area contributed by atoms with Crippen molar-refractivity contribution in [2.45, 2.75) is 43.8 Å². The maximum Gasteiger partial charge on any atom is 0.262 e. The van der Waals surface area contributed by atoms with Gasteiger partial charge < -0.3 is 5.32 Å². The number of hydrogen-bond acceptors (Lipinski definition) is 5. The van der Waals surface area contributed by atoms with E-state index < -0.39 is 0 Å². The van der Waals surface area contributed by atoms with Crippen molar-refractivity contribution < 1.29 is 4.79 Å². The topological polar surface area (TPSA) is 64.0 Å². The Hall–Kier alpha value is -2.12. The van der Waals surface area contributed by atoms with Crippen LogP contribution in [0.5, 0.6) is 0 Å². The molecular weight excluding hydrogens is 390 g/mol. The standard InChI is InChI=1S/C21H23N3O2S2/c1-13(14-8-4-3-5-9-14)22-17(25)12-27-21-23-19-18(20(26)24(21)2)15-10-6-7-11-16(15)28-19/h3-5,8-9,13H,6-7,10-12H2,1-2H3,(H,22,25)/t13-/m1/s1. The molecule has 1 aliphatic rings. The number of carbonyl (C=O) groups excluding carboxylic acids is 1. The van der Waals surface area contributed by atoms with E-state index in [1.165, 1.54) is 28.6 Å². The van der Waals surface area contributed by atoms with E-state index in [-0.39, 0.29) is 23.3 Å². The number of nitrogens with zero attached hydrogens (tertiary/aromatic N) is 2. The normalized spacial score (nSPS) is 14.6. The average molecular weight is 414 g/mol. The van der Waals surface area contributed by atoms with Gasteiger partial charge in [-0.15, -0.1) is 11.3 Å². The first-order chi connectivity index (χ1) is 13.5. The van der Waals surface area contributed by atoms with Crippen molar-refractivity contribution in [1.29, 1.82) is 0 Å². The van der Waals surface area contributed by atoms with Gasteiger partial charge >= 0.3 is 0 Å². The molecule has 0 spiro atoms. The molecule has 5 nitrogen and oxygen atoms in total. The second-order valence-electron chi connectivity index (χ2n) is 7.14. The molecule has 0 radical (unpaired) electrons. The van der Waals surface area contributed by atoms with E-state index in [4.69, 9.17) is 4.98 Å². The van der Waals surface area contributed by atoms with Gasteiger partial charge in [0.2, 0.25) is 5.91 Å². The summed E-state index contributed by atoms with van der Waals surface area (Å²) < 4.78 is 1.59. The second-order valence-corrected chi connectivity index (χ2v) is 9.16. The van der Waals surface area contributed by atoms with Gasteiger partial charge in [0.1, 0.15) is 4.83 Å². The van der Waals surface area contributed by atoms with Crippen LogP contribution in [0.25, 0.3) is 10.2 Å². The first-order valence-corrected chi connectivity index (χ1v) is 11.3. The van der Waals surface area contributed by atoms with Crippen LogP contribution in [0.1, 0.15) is 41.8 Å². The Balaban J connectivity index is 1.50. The largest absolute Gasteiger partial charge is 0.349 e. The van der Waals surface area contributed by atoms with E-state index in [0.717, 1.165) is 35.0 Å². The minimum absolute atomic E-state index is 0.00459. The molecule has 2 aromatic heterocycles. The molecule has 0 fully saturated rings. The lowest BCUT2D eigenvalue weighted by Gasteiger charge is -2.14. The summed E-state index contributed by atoms with van der Waals surface area (Å²) in [5.74, 6) is 0.162. The Bertz CT molecular complexity index is 1070. The van der Waals surface area contributed by atoms with E-state index >= 15 is 0 Å². The summed E-state index contributed by atoms with van der Waals surface area (Å²) in [6.07, 6.45) is 4.33. The third kappa shape index (κ3) is 3.73. The fourth-order valence-electron chi connectivity index (χ4n) is 3.63. The van der Waals surface area contributed by atoms with E-state index in [2.05, 4.69) is 5.32 Å². The molecule has 1 N–H and O–H groups in total. The first-order valence-electron chi connectivity index (χ1n) is 9.53. The molecule has 1 atom stereocenters. The van der Waals surface area contributed by atoms with Crippen LogP contribution in [-0.4, -0.2) is 21.2 Å². The summed E-state index contributed by atoms with van der Waals surface area (Å²) in [6.45, 7) is 1.97. The zero-order chi connectivity index (χ0) is 19.7. The van der Waals surface area contributed by atoms with Crippen LogP contribution in [0.2, 0.25) is 0 Å².